The molecule has 1 unspecified atom stereocenters. The molecular weight excluding hydrogens is 316 g/mol. The maximum Gasteiger partial charge on any atom is 0.245 e. The van der Waals surface area contributed by atoms with Crippen molar-refractivity contribution in [3.63, 3.8) is 0 Å². The number of hydrogen-bond acceptors (Lipinski definition) is 4. The number of rotatable bonds is 5. The molecule has 2 aliphatic heterocycles. The lowest BCUT2D eigenvalue weighted by molar-refractivity contribution is -0.144. The Morgan fingerprint density at radius 1 is 1.24 bits per heavy atom. The molecule has 1 aromatic rings. The normalized spacial score (nSPS) is 21.4. The molecule has 0 bridgehead atoms. The quantitative estimate of drug-likeness (QED) is 0.890. The molecule has 1 aromatic heterocycles. The molecule has 0 spiro atoms. The van der Waals surface area contributed by atoms with Crippen molar-refractivity contribution in [3.05, 3.63) is 24.5 Å². The first-order valence-corrected chi connectivity index (χ1v) is 9.44. The van der Waals surface area contributed by atoms with Crippen LogP contribution in [0.1, 0.15) is 45.4 Å². The third-order valence-electron chi connectivity index (χ3n) is 5.16. The van der Waals surface area contributed by atoms with Gasteiger partial charge in [-0.3, -0.25) is 14.6 Å². The molecule has 3 rings (SSSR count). The number of hydrogen-bond donors (Lipinski definition) is 1. The topological polar surface area (TPSA) is 65.5 Å². The van der Waals surface area contributed by atoms with Gasteiger partial charge in [0.05, 0.1) is 5.69 Å². The first-order valence-electron chi connectivity index (χ1n) is 9.44. The van der Waals surface area contributed by atoms with E-state index in [2.05, 4.69) is 10.3 Å². The van der Waals surface area contributed by atoms with E-state index in [1.165, 1.54) is 0 Å². The minimum atomic E-state index is -0.234. The van der Waals surface area contributed by atoms with E-state index in [0.717, 1.165) is 57.4 Å². The van der Waals surface area contributed by atoms with Gasteiger partial charge in [0, 0.05) is 44.5 Å². The van der Waals surface area contributed by atoms with Crippen LogP contribution < -0.4 is 5.32 Å². The zero-order valence-corrected chi connectivity index (χ0v) is 15.0. The third kappa shape index (κ3) is 4.30. The highest BCUT2D eigenvalue weighted by Gasteiger charge is 2.37. The summed E-state index contributed by atoms with van der Waals surface area (Å²) in [6, 6.07) is 4.07. The van der Waals surface area contributed by atoms with Crippen LogP contribution in [0, 0.1) is 0 Å². The van der Waals surface area contributed by atoms with Crippen molar-refractivity contribution in [1.29, 1.82) is 0 Å². The lowest BCUT2D eigenvalue weighted by Gasteiger charge is -2.36. The fourth-order valence-corrected chi connectivity index (χ4v) is 3.82. The maximum atomic E-state index is 12.9. The van der Waals surface area contributed by atoms with Gasteiger partial charge in [-0.2, -0.15) is 0 Å². The molecule has 0 radical (unpaired) electrons. The molecule has 6 heteroatoms. The lowest BCUT2D eigenvalue weighted by Crippen LogP contribution is -2.51. The molecule has 1 N–H and O–H groups in total. The van der Waals surface area contributed by atoms with Crippen LogP contribution in [0.15, 0.2) is 24.5 Å². The van der Waals surface area contributed by atoms with E-state index in [1.54, 1.807) is 6.20 Å². The summed E-state index contributed by atoms with van der Waals surface area (Å²) in [5.41, 5.74) is 1.03. The van der Waals surface area contributed by atoms with Crippen molar-refractivity contribution in [3.8, 4) is 0 Å². The standard InChI is InChI=1S/C19H28N4O2/c1-2-5-18(24)23-11-4-7-17(23)19(25)22-12-8-15(9-13-22)21-16-6-3-10-20-14-16/h3,6,10,14-15,17,21H,2,4-5,7-9,11-13H2,1H3. The predicted molar refractivity (Wildman–Crippen MR) is 97.1 cm³/mol. The molecule has 2 saturated heterocycles. The third-order valence-corrected chi connectivity index (χ3v) is 5.16. The molecule has 0 saturated carbocycles. The zero-order chi connectivity index (χ0) is 17.6. The van der Waals surface area contributed by atoms with Gasteiger partial charge in [0.2, 0.25) is 11.8 Å². The Morgan fingerprint density at radius 2 is 2.04 bits per heavy atom. The second kappa shape index (κ2) is 8.32. The Morgan fingerprint density at radius 3 is 2.72 bits per heavy atom. The van der Waals surface area contributed by atoms with Crippen LogP contribution in [0.25, 0.3) is 0 Å². The highest BCUT2D eigenvalue weighted by atomic mass is 16.2. The number of nitrogens with one attached hydrogen (secondary N) is 1. The monoisotopic (exact) mass is 344 g/mol. The molecule has 0 aliphatic carbocycles. The number of carbonyl (C=O) groups is 2. The molecular formula is C19H28N4O2. The van der Waals surface area contributed by atoms with E-state index in [9.17, 15) is 9.59 Å². The van der Waals surface area contributed by atoms with E-state index in [1.807, 2.05) is 35.1 Å². The summed E-state index contributed by atoms with van der Waals surface area (Å²) < 4.78 is 0. The van der Waals surface area contributed by atoms with Gasteiger partial charge in [-0.15, -0.1) is 0 Å². The molecule has 1 atom stereocenters. The highest BCUT2D eigenvalue weighted by Crippen LogP contribution is 2.23. The SMILES string of the molecule is CCCC(=O)N1CCCC1C(=O)N1CCC(Nc2cccnc2)CC1. The Bertz CT molecular complexity index is 584. The summed E-state index contributed by atoms with van der Waals surface area (Å²) in [6.45, 7) is 4.24. The summed E-state index contributed by atoms with van der Waals surface area (Å²) >= 11 is 0. The van der Waals surface area contributed by atoms with Crippen LogP contribution in [0.5, 0.6) is 0 Å². The summed E-state index contributed by atoms with van der Waals surface area (Å²) in [7, 11) is 0. The van der Waals surface area contributed by atoms with E-state index in [0.29, 0.717) is 12.5 Å². The second-order valence-electron chi connectivity index (χ2n) is 6.98. The van der Waals surface area contributed by atoms with Crippen molar-refractivity contribution in [1.82, 2.24) is 14.8 Å². The summed E-state index contributed by atoms with van der Waals surface area (Å²) in [4.78, 5) is 33.0. The van der Waals surface area contributed by atoms with Crippen molar-refractivity contribution in [2.75, 3.05) is 25.0 Å². The molecule has 2 fully saturated rings. The number of carbonyl (C=O) groups excluding carboxylic acids is 2. The van der Waals surface area contributed by atoms with Gasteiger partial charge in [-0.25, -0.2) is 0 Å². The smallest absolute Gasteiger partial charge is 0.245 e. The summed E-state index contributed by atoms with van der Waals surface area (Å²) in [5, 5.41) is 3.49. The van der Waals surface area contributed by atoms with Crippen LogP contribution >= 0.6 is 0 Å². The van der Waals surface area contributed by atoms with Gasteiger partial charge >= 0.3 is 0 Å². The van der Waals surface area contributed by atoms with Gasteiger partial charge in [0.15, 0.2) is 0 Å². The van der Waals surface area contributed by atoms with Crippen LogP contribution in [-0.4, -0.2) is 58.3 Å². The molecule has 2 aliphatic rings. The van der Waals surface area contributed by atoms with Crippen molar-refractivity contribution >= 4 is 17.5 Å². The number of likely N-dealkylation sites (tertiary alicyclic amines) is 2. The molecule has 0 aromatic carbocycles. The number of pyridine rings is 1. The van der Waals surface area contributed by atoms with E-state index in [4.69, 9.17) is 0 Å². The fourth-order valence-electron chi connectivity index (χ4n) is 3.82. The zero-order valence-electron chi connectivity index (χ0n) is 15.0. The minimum absolute atomic E-state index is 0.131. The van der Waals surface area contributed by atoms with Crippen LogP contribution in [0.3, 0.4) is 0 Å². The number of anilines is 1. The van der Waals surface area contributed by atoms with Crippen LogP contribution in [0.4, 0.5) is 5.69 Å². The van der Waals surface area contributed by atoms with E-state index >= 15 is 0 Å². The lowest BCUT2D eigenvalue weighted by atomic mass is 10.0. The van der Waals surface area contributed by atoms with Gasteiger partial charge in [0.25, 0.3) is 0 Å². The van der Waals surface area contributed by atoms with Crippen LogP contribution in [-0.2, 0) is 9.59 Å². The Balaban J connectivity index is 1.52. The average Bonchev–Trinajstić information content (AvgIpc) is 3.13. The van der Waals surface area contributed by atoms with E-state index < -0.39 is 0 Å². The molecule has 6 nitrogen and oxygen atoms in total. The number of nitrogens with zero attached hydrogens (tertiary/aromatic N) is 3. The highest BCUT2D eigenvalue weighted by molar-refractivity contribution is 5.88. The van der Waals surface area contributed by atoms with Gasteiger partial charge in [0.1, 0.15) is 6.04 Å². The number of piperidine rings is 1. The summed E-state index contributed by atoms with van der Waals surface area (Å²) in [5.74, 6) is 0.272. The van der Waals surface area contributed by atoms with Gasteiger partial charge in [-0.05, 0) is 44.2 Å². The Kier molecular flexibility index (Phi) is 5.89. The Hall–Kier alpha value is -2.11. The number of aromatic nitrogens is 1. The Labute approximate surface area is 149 Å². The predicted octanol–water partition coefficient (Wildman–Crippen LogP) is 2.28. The molecule has 2 amide bonds. The van der Waals surface area contributed by atoms with E-state index in [-0.39, 0.29) is 17.9 Å². The average molecular weight is 344 g/mol. The van der Waals surface area contributed by atoms with Gasteiger partial charge in [-0.1, -0.05) is 6.92 Å². The van der Waals surface area contributed by atoms with Crippen molar-refractivity contribution in [2.24, 2.45) is 0 Å². The van der Waals surface area contributed by atoms with Crippen molar-refractivity contribution < 1.29 is 9.59 Å². The number of amides is 2. The minimum Gasteiger partial charge on any atom is -0.381 e. The maximum absolute atomic E-state index is 12.9. The molecule has 25 heavy (non-hydrogen) atoms. The van der Waals surface area contributed by atoms with Crippen LogP contribution in [0.2, 0.25) is 0 Å². The first-order chi connectivity index (χ1) is 12.2. The first kappa shape index (κ1) is 17.7. The summed E-state index contributed by atoms with van der Waals surface area (Å²) in [6.07, 6.45) is 8.56. The largest absolute Gasteiger partial charge is 0.381 e. The molecule has 3 heterocycles. The molecule has 136 valence electrons. The van der Waals surface area contributed by atoms with Gasteiger partial charge < -0.3 is 15.1 Å². The second-order valence-corrected chi connectivity index (χ2v) is 6.98. The van der Waals surface area contributed by atoms with Crippen molar-refractivity contribution in [2.45, 2.75) is 57.5 Å². The fraction of sp³-hybridized carbons (Fsp3) is 0.632.